The molecular weight excluding hydrogens is 190 g/mol. The van der Waals surface area contributed by atoms with E-state index in [1.807, 2.05) is 0 Å². The molecular formula is C11H19N3O. The summed E-state index contributed by atoms with van der Waals surface area (Å²) in [6.45, 7) is 4.72. The number of hydrogen-bond acceptors (Lipinski definition) is 3. The molecule has 15 heavy (non-hydrogen) atoms. The van der Waals surface area contributed by atoms with Crippen LogP contribution < -0.4 is 10.6 Å². The Kier molecular flexibility index (Phi) is 2.21. The van der Waals surface area contributed by atoms with E-state index >= 15 is 0 Å². The van der Waals surface area contributed by atoms with Crippen molar-refractivity contribution >= 4 is 5.91 Å². The van der Waals surface area contributed by atoms with Gasteiger partial charge >= 0.3 is 0 Å². The van der Waals surface area contributed by atoms with E-state index in [0.29, 0.717) is 6.54 Å². The molecule has 0 radical (unpaired) electrons. The fourth-order valence-corrected chi connectivity index (χ4v) is 2.79. The highest BCUT2D eigenvalue weighted by Gasteiger charge is 2.44. The molecule has 2 aliphatic heterocycles. The number of hydrogen-bond donors (Lipinski definition) is 2. The molecule has 4 nitrogen and oxygen atoms in total. The summed E-state index contributed by atoms with van der Waals surface area (Å²) in [5.41, 5.74) is 0.233. The molecule has 0 aromatic heterocycles. The second-order valence-corrected chi connectivity index (χ2v) is 5.25. The van der Waals surface area contributed by atoms with Crippen LogP contribution in [0.1, 0.15) is 19.3 Å². The van der Waals surface area contributed by atoms with Gasteiger partial charge in [-0.3, -0.25) is 9.69 Å². The summed E-state index contributed by atoms with van der Waals surface area (Å²) in [6.07, 6.45) is 3.91. The van der Waals surface area contributed by atoms with Gasteiger partial charge in [0.25, 0.3) is 0 Å². The van der Waals surface area contributed by atoms with Crippen LogP contribution >= 0.6 is 0 Å². The summed E-state index contributed by atoms with van der Waals surface area (Å²) in [4.78, 5) is 13.9. The zero-order valence-corrected chi connectivity index (χ0v) is 9.09. The Bertz CT molecular complexity index is 269. The van der Waals surface area contributed by atoms with E-state index in [1.165, 1.54) is 19.3 Å². The maximum absolute atomic E-state index is 11.4. The topological polar surface area (TPSA) is 44.4 Å². The summed E-state index contributed by atoms with van der Waals surface area (Å²) < 4.78 is 0. The van der Waals surface area contributed by atoms with Crippen molar-refractivity contribution in [2.45, 2.75) is 24.8 Å². The van der Waals surface area contributed by atoms with Crippen LogP contribution in [-0.2, 0) is 4.79 Å². The Morgan fingerprint density at radius 3 is 2.93 bits per heavy atom. The molecule has 1 atom stereocenters. The van der Waals surface area contributed by atoms with Gasteiger partial charge in [0.2, 0.25) is 5.91 Å². The number of nitrogens with one attached hydrogen (secondary N) is 2. The van der Waals surface area contributed by atoms with E-state index < -0.39 is 0 Å². The molecule has 2 heterocycles. The van der Waals surface area contributed by atoms with Crippen LogP contribution in [0.2, 0.25) is 0 Å². The summed E-state index contributed by atoms with van der Waals surface area (Å²) >= 11 is 0. The molecule has 3 fully saturated rings. The average molecular weight is 209 g/mol. The Morgan fingerprint density at radius 1 is 1.40 bits per heavy atom. The zero-order chi connectivity index (χ0) is 10.3. The Hall–Kier alpha value is -0.610. The SMILES string of the molecule is O=C1CN(CC2CC2)[C@@]2(CCNC2)CN1. The van der Waals surface area contributed by atoms with Crippen LogP contribution in [-0.4, -0.2) is 49.1 Å². The lowest BCUT2D eigenvalue weighted by Gasteiger charge is -2.44. The van der Waals surface area contributed by atoms with Crippen LogP contribution in [0.5, 0.6) is 0 Å². The van der Waals surface area contributed by atoms with E-state index in [4.69, 9.17) is 0 Å². The number of rotatable bonds is 2. The fraction of sp³-hybridized carbons (Fsp3) is 0.909. The zero-order valence-electron chi connectivity index (χ0n) is 9.09. The molecule has 4 heteroatoms. The van der Waals surface area contributed by atoms with Gasteiger partial charge in [0.1, 0.15) is 0 Å². The lowest BCUT2D eigenvalue weighted by molar-refractivity contribution is -0.128. The summed E-state index contributed by atoms with van der Waals surface area (Å²) in [7, 11) is 0. The van der Waals surface area contributed by atoms with Gasteiger partial charge in [-0.05, 0) is 31.7 Å². The number of carbonyl (C=O) groups excluding carboxylic acids is 1. The van der Waals surface area contributed by atoms with Gasteiger partial charge in [-0.15, -0.1) is 0 Å². The van der Waals surface area contributed by atoms with Crippen LogP contribution in [0.4, 0.5) is 0 Å². The van der Waals surface area contributed by atoms with Crippen molar-refractivity contribution in [3.63, 3.8) is 0 Å². The third-order valence-electron chi connectivity index (χ3n) is 4.02. The van der Waals surface area contributed by atoms with Crippen molar-refractivity contribution in [3.8, 4) is 0 Å². The normalized spacial score (nSPS) is 37.2. The predicted octanol–water partition coefficient (Wildman–Crippen LogP) is -0.440. The minimum absolute atomic E-state index is 0.202. The largest absolute Gasteiger partial charge is 0.353 e. The third kappa shape index (κ3) is 1.76. The van der Waals surface area contributed by atoms with Crippen molar-refractivity contribution in [3.05, 3.63) is 0 Å². The van der Waals surface area contributed by atoms with Gasteiger partial charge in [-0.1, -0.05) is 0 Å². The monoisotopic (exact) mass is 209 g/mol. The highest BCUT2D eigenvalue weighted by molar-refractivity contribution is 5.79. The number of piperazine rings is 1. The molecule has 1 amide bonds. The Labute approximate surface area is 90.4 Å². The molecule has 1 aliphatic carbocycles. The van der Waals surface area contributed by atoms with Crippen molar-refractivity contribution < 1.29 is 4.79 Å². The van der Waals surface area contributed by atoms with E-state index in [0.717, 1.165) is 32.1 Å². The average Bonchev–Trinajstić information content (AvgIpc) is 2.92. The molecule has 1 spiro atoms. The molecule has 1 saturated carbocycles. The van der Waals surface area contributed by atoms with Gasteiger partial charge < -0.3 is 10.6 Å². The lowest BCUT2D eigenvalue weighted by atomic mass is 9.93. The first-order valence-electron chi connectivity index (χ1n) is 6.01. The molecule has 0 aromatic rings. The van der Waals surface area contributed by atoms with Gasteiger partial charge in [0, 0.05) is 19.6 Å². The highest BCUT2D eigenvalue weighted by Crippen LogP contribution is 2.34. The van der Waals surface area contributed by atoms with Crippen molar-refractivity contribution in [2.75, 3.05) is 32.7 Å². The number of amides is 1. The minimum atomic E-state index is 0.202. The molecule has 0 bridgehead atoms. The molecule has 2 N–H and O–H groups in total. The van der Waals surface area contributed by atoms with Crippen molar-refractivity contribution in [1.29, 1.82) is 0 Å². The summed E-state index contributed by atoms with van der Waals surface area (Å²) in [5, 5.41) is 6.45. The second kappa shape index (κ2) is 3.46. The van der Waals surface area contributed by atoms with Crippen molar-refractivity contribution in [1.82, 2.24) is 15.5 Å². The third-order valence-corrected chi connectivity index (χ3v) is 4.02. The maximum Gasteiger partial charge on any atom is 0.234 e. The molecule has 3 aliphatic rings. The van der Waals surface area contributed by atoms with Crippen LogP contribution in [0.25, 0.3) is 0 Å². The van der Waals surface area contributed by atoms with Crippen LogP contribution in [0.15, 0.2) is 0 Å². The molecule has 84 valence electrons. The number of carbonyl (C=O) groups is 1. The first-order chi connectivity index (χ1) is 7.28. The molecule has 2 saturated heterocycles. The van der Waals surface area contributed by atoms with E-state index in [2.05, 4.69) is 15.5 Å². The summed E-state index contributed by atoms with van der Waals surface area (Å²) in [5.74, 6) is 1.07. The van der Waals surface area contributed by atoms with Crippen LogP contribution in [0, 0.1) is 5.92 Å². The summed E-state index contributed by atoms with van der Waals surface area (Å²) in [6, 6.07) is 0. The molecule has 0 unspecified atom stereocenters. The molecule has 0 aromatic carbocycles. The minimum Gasteiger partial charge on any atom is -0.353 e. The maximum atomic E-state index is 11.4. The quantitative estimate of drug-likeness (QED) is 0.648. The fourth-order valence-electron chi connectivity index (χ4n) is 2.79. The van der Waals surface area contributed by atoms with E-state index in [9.17, 15) is 4.79 Å². The Morgan fingerprint density at radius 2 is 2.27 bits per heavy atom. The van der Waals surface area contributed by atoms with E-state index in [1.54, 1.807) is 0 Å². The van der Waals surface area contributed by atoms with Gasteiger partial charge in [-0.25, -0.2) is 0 Å². The first kappa shape index (κ1) is 9.60. The van der Waals surface area contributed by atoms with Gasteiger partial charge in [0.05, 0.1) is 12.1 Å². The number of nitrogens with zero attached hydrogens (tertiary/aromatic N) is 1. The Balaban J connectivity index is 1.74. The van der Waals surface area contributed by atoms with E-state index in [-0.39, 0.29) is 11.4 Å². The standard InChI is InChI=1S/C11H19N3O/c15-10-6-14(5-9-1-2-9)11(8-13-10)3-4-12-7-11/h9,12H,1-8H2,(H,13,15)/t11-/m1/s1. The van der Waals surface area contributed by atoms with Crippen molar-refractivity contribution in [2.24, 2.45) is 5.92 Å². The first-order valence-corrected chi connectivity index (χ1v) is 6.01. The predicted molar refractivity (Wildman–Crippen MR) is 57.5 cm³/mol. The highest BCUT2D eigenvalue weighted by atomic mass is 16.2. The lowest BCUT2D eigenvalue weighted by Crippen LogP contribution is -2.64. The van der Waals surface area contributed by atoms with Gasteiger partial charge in [0.15, 0.2) is 0 Å². The van der Waals surface area contributed by atoms with Crippen LogP contribution in [0.3, 0.4) is 0 Å². The smallest absolute Gasteiger partial charge is 0.234 e. The van der Waals surface area contributed by atoms with Gasteiger partial charge in [-0.2, -0.15) is 0 Å². The second-order valence-electron chi connectivity index (χ2n) is 5.25. The molecule has 3 rings (SSSR count).